The van der Waals surface area contributed by atoms with Gasteiger partial charge in [-0.15, -0.1) is 0 Å². The molecular weight excluding hydrogens is 202 g/mol. The molecule has 2 saturated heterocycles. The lowest BCUT2D eigenvalue weighted by Gasteiger charge is -2.40. The van der Waals surface area contributed by atoms with Gasteiger partial charge in [0.05, 0.1) is 24.4 Å². The lowest BCUT2D eigenvalue weighted by molar-refractivity contribution is -0.139. The summed E-state index contributed by atoms with van der Waals surface area (Å²) in [5.41, 5.74) is -0.151. The molecule has 2 heterocycles. The standard InChI is InChI=1S/C13H17NO2/c14-8-2-4-10-5-6-12-13(16-10)7-1-3-11(9-13)15-12/h1,7,10-12H,2-6,9H2/t10-,11-,12-,13-/m0/s1. The van der Waals surface area contributed by atoms with Crippen LogP contribution < -0.4 is 0 Å². The second-order valence-corrected chi connectivity index (χ2v) is 5.06. The first-order chi connectivity index (χ1) is 7.82. The minimum atomic E-state index is -0.151. The maximum atomic E-state index is 8.61. The Labute approximate surface area is 96.0 Å². The number of fused-ring (bicyclic) bond motifs is 1. The van der Waals surface area contributed by atoms with Gasteiger partial charge < -0.3 is 9.47 Å². The molecule has 0 N–H and O–H groups in total. The van der Waals surface area contributed by atoms with Crippen molar-refractivity contribution in [1.82, 2.24) is 0 Å². The van der Waals surface area contributed by atoms with Gasteiger partial charge >= 0.3 is 0 Å². The second-order valence-electron chi connectivity index (χ2n) is 5.06. The van der Waals surface area contributed by atoms with Gasteiger partial charge in [0.2, 0.25) is 0 Å². The van der Waals surface area contributed by atoms with Crippen LogP contribution in [-0.4, -0.2) is 23.9 Å². The van der Waals surface area contributed by atoms with Crippen molar-refractivity contribution in [3.8, 4) is 6.07 Å². The topological polar surface area (TPSA) is 42.2 Å². The predicted molar refractivity (Wildman–Crippen MR) is 58.7 cm³/mol. The maximum Gasteiger partial charge on any atom is 0.115 e. The van der Waals surface area contributed by atoms with E-state index in [0.717, 1.165) is 32.1 Å². The molecule has 2 bridgehead atoms. The highest BCUT2D eigenvalue weighted by molar-refractivity contribution is 5.18. The molecule has 0 aromatic rings. The molecule has 1 spiro atoms. The number of hydrogen-bond donors (Lipinski definition) is 0. The summed E-state index contributed by atoms with van der Waals surface area (Å²) in [4.78, 5) is 0. The zero-order chi connectivity index (χ0) is 11.0. The van der Waals surface area contributed by atoms with E-state index in [9.17, 15) is 0 Å². The Morgan fingerprint density at radius 2 is 2.38 bits per heavy atom. The van der Waals surface area contributed by atoms with Gasteiger partial charge in [0.1, 0.15) is 5.60 Å². The van der Waals surface area contributed by atoms with E-state index in [-0.39, 0.29) is 17.8 Å². The van der Waals surface area contributed by atoms with Crippen molar-refractivity contribution in [2.45, 2.75) is 62.4 Å². The lowest BCUT2D eigenvalue weighted by Crippen LogP contribution is -2.47. The third-order valence-electron chi connectivity index (χ3n) is 3.96. The molecular formula is C13H17NO2. The van der Waals surface area contributed by atoms with Gasteiger partial charge in [-0.05, 0) is 25.7 Å². The Kier molecular flexibility index (Phi) is 2.49. The summed E-state index contributed by atoms with van der Waals surface area (Å²) in [6, 6.07) is 2.20. The minimum Gasteiger partial charge on any atom is -0.371 e. The normalized spacial score (nSPS) is 45.1. The maximum absolute atomic E-state index is 8.61. The zero-order valence-electron chi connectivity index (χ0n) is 9.39. The monoisotopic (exact) mass is 219 g/mol. The Balaban J connectivity index is 1.73. The zero-order valence-corrected chi connectivity index (χ0v) is 9.39. The van der Waals surface area contributed by atoms with Crippen molar-refractivity contribution in [2.24, 2.45) is 0 Å². The first kappa shape index (κ1) is 10.3. The SMILES string of the molecule is N#CCC[C@H]1CC[C@@H]2O[C@H]3CC=C[C@@]2(C3)O1. The van der Waals surface area contributed by atoms with Crippen LogP contribution in [0.3, 0.4) is 0 Å². The van der Waals surface area contributed by atoms with Crippen LogP contribution in [0.2, 0.25) is 0 Å². The number of ether oxygens (including phenoxy) is 2. The largest absolute Gasteiger partial charge is 0.371 e. The molecule has 3 heteroatoms. The van der Waals surface area contributed by atoms with Crippen molar-refractivity contribution in [1.29, 1.82) is 5.26 Å². The summed E-state index contributed by atoms with van der Waals surface area (Å²) in [6.07, 6.45) is 10.9. The van der Waals surface area contributed by atoms with Gasteiger partial charge in [0, 0.05) is 12.8 Å². The minimum absolute atomic E-state index is 0.151. The van der Waals surface area contributed by atoms with Gasteiger partial charge in [0.15, 0.2) is 0 Å². The molecule has 3 aliphatic rings. The van der Waals surface area contributed by atoms with Gasteiger partial charge in [-0.3, -0.25) is 0 Å². The fourth-order valence-electron chi connectivity index (χ4n) is 3.23. The molecule has 2 aliphatic heterocycles. The van der Waals surface area contributed by atoms with Gasteiger partial charge in [-0.2, -0.15) is 5.26 Å². The van der Waals surface area contributed by atoms with Gasteiger partial charge in [-0.1, -0.05) is 12.2 Å². The quantitative estimate of drug-likeness (QED) is 0.669. The van der Waals surface area contributed by atoms with E-state index in [0.29, 0.717) is 12.5 Å². The molecule has 0 aromatic heterocycles. The van der Waals surface area contributed by atoms with Crippen LogP contribution in [0.5, 0.6) is 0 Å². The summed E-state index contributed by atoms with van der Waals surface area (Å²) >= 11 is 0. The van der Waals surface area contributed by atoms with E-state index in [4.69, 9.17) is 14.7 Å². The highest BCUT2D eigenvalue weighted by Crippen LogP contribution is 2.46. The van der Waals surface area contributed by atoms with E-state index < -0.39 is 0 Å². The third-order valence-corrected chi connectivity index (χ3v) is 3.96. The van der Waals surface area contributed by atoms with Crippen molar-refractivity contribution in [3.63, 3.8) is 0 Å². The molecule has 2 fully saturated rings. The van der Waals surface area contributed by atoms with Crippen molar-refractivity contribution >= 4 is 0 Å². The number of rotatable bonds is 2. The van der Waals surface area contributed by atoms with Crippen molar-refractivity contribution in [3.05, 3.63) is 12.2 Å². The lowest BCUT2D eigenvalue weighted by atomic mass is 9.83. The molecule has 86 valence electrons. The summed E-state index contributed by atoms with van der Waals surface area (Å²) in [5.74, 6) is 0. The Hall–Kier alpha value is -0.850. The molecule has 16 heavy (non-hydrogen) atoms. The summed E-state index contributed by atoms with van der Waals surface area (Å²) in [7, 11) is 0. The Morgan fingerprint density at radius 1 is 1.44 bits per heavy atom. The molecule has 0 aromatic carbocycles. The fourth-order valence-corrected chi connectivity index (χ4v) is 3.23. The van der Waals surface area contributed by atoms with Crippen LogP contribution in [0.4, 0.5) is 0 Å². The van der Waals surface area contributed by atoms with Crippen LogP contribution in [0, 0.1) is 11.3 Å². The van der Waals surface area contributed by atoms with Crippen LogP contribution in [-0.2, 0) is 9.47 Å². The van der Waals surface area contributed by atoms with Crippen LogP contribution in [0.25, 0.3) is 0 Å². The van der Waals surface area contributed by atoms with E-state index in [1.807, 2.05) is 0 Å². The second kappa shape index (κ2) is 3.87. The molecule has 0 radical (unpaired) electrons. The average molecular weight is 219 g/mol. The summed E-state index contributed by atoms with van der Waals surface area (Å²) in [5, 5.41) is 8.61. The number of nitrogens with zero attached hydrogens (tertiary/aromatic N) is 1. The molecule has 0 saturated carbocycles. The number of hydrogen-bond acceptors (Lipinski definition) is 3. The van der Waals surface area contributed by atoms with Crippen LogP contribution in [0.1, 0.15) is 38.5 Å². The molecule has 0 amide bonds. The first-order valence-electron chi connectivity index (χ1n) is 6.20. The van der Waals surface area contributed by atoms with Crippen molar-refractivity contribution < 1.29 is 9.47 Å². The van der Waals surface area contributed by atoms with Gasteiger partial charge in [-0.25, -0.2) is 0 Å². The van der Waals surface area contributed by atoms with E-state index >= 15 is 0 Å². The summed E-state index contributed by atoms with van der Waals surface area (Å²) < 4.78 is 12.2. The van der Waals surface area contributed by atoms with Crippen molar-refractivity contribution in [2.75, 3.05) is 0 Å². The fraction of sp³-hybridized carbons (Fsp3) is 0.769. The molecule has 3 rings (SSSR count). The molecule has 1 aliphatic carbocycles. The summed E-state index contributed by atoms with van der Waals surface area (Å²) in [6.45, 7) is 0. The first-order valence-corrected chi connectivity index (χ1v) is 6.20. The Bertz CT molecular complexity index is 346. The molecule has 4 atom stereocenters. The highest BCUT2D eigenvalue weighted by Gasteiger charge is 2.52. The van der Waals surface area contributed by atoms with Crippen LogP contribution in [0.15, 0.2) is 12.2 Å². The predicted octanol–water partition coefficient (Wildman–Crippen LogP) is 2.33. The average Bonchev–Trinajstić information content (AvgIpc) is 2.55. The molecule has 0 unspecified atom stereocenters. The van der Waals surface area contributed by atoms with E-state index in [1.54, 1.807) is 0 Å². The van der Waals surface area contributed by atoms with Gasteiger partial charge in [0.25, 0.3) is 0 Å². The van der Waals surface area contributed by atoms with Crippen LogP contribution >= 0.6 is 0 Å². The third kappa shape index (κ3) is 1.57. The molecule has 3 nitrogen and oxygen atoms in total. The Morgan fingerprint density at radius 3 is 3.25 bits per heavy atom. The van der Waals surface area contributed by atoms with E-state index in [1.165, 1.54) is 0 Å². The van der Waals surface area contributed by atoms with E-state index in [2.05, 4.69) is 18.2 Å². The highest BCUT2D eigenvalue weighted by atomic mass is 16.6. The smallest absolute Gasteiger partial charge is 0.115 e. The number of nitriles is 1.